The third kappa shape index (κ3) is 3.55. The predicted molar refractivity (Wildman–Crippen MR) is 63.9 cm³/mol. The van der Waals surface area contributed by atoms with E-state index in [4.69, 9.17) is 0 Å². The second kappa shape index (κ2) is 7.36. The van der Waals surface area contributed by atoms with Gasteiger partial charge in [0.1, 0.15) is 0 Å². The lowest BCUT2D eigenvalue weighted by molar-refractivity contribution is 0.0967. The number of unbranched alkanes of at least 4 members (excludes halogenated alkanes) is 4. The van der Waals surface area contributed by atoms with Crippen molar-refractivity contribution in [2.45, 2.75) is 45.4 Å². The van der Waals surface area contributed by atoms with Gasteiger partial charge in [0.25, 0.3) is 0 Å². The van der Waals surface area contributed by atoms with Gasteiger partial charge < -0.3 is 0 Å². The topological polar surface area (TPSA) is 17.1 Å². The smallest absolute Gasteiger partial charge is 0.200 e. The minimum Gasteiger partial charge on any atom is -0.294 e. The van der Waals surface area contributed by atoms with Crippen LogP contribution in [0.5, 0.6) is 0 Å². The molecule has 0 aliphatic heterocycles. The Balaban J connectivity index is 2.83. The third-order valence-corrected chi connectivity index (χ3v) is 3.00. The molecule has 0 unspecified atom stereocenters. The summed E-state index contributed by atoms with van der Waals surface area (Å²) >= 11 is 0. The highest BCUT2D eigenvalue weighted by Gasteiger charge is 2.29. The van der Waals surface area contributed by atoms with Gasteiger partial charge in [-0.25, -0.2) is 22.0 Å². The molecule has 0 bridgehead atoms. The predicted octanol–water partition coefficient (Wildman–Crippen LogP) is 4.93. The lowest BCUT2D eigenvalue weighted by Gasteiger charge is -2.07. The molecule has 1 aromatic carbocycles. The van der Waals surface area contributed by atoms with Crippen molar-refractivity contribution in [2.24, 2.45) is 0 Å². The Kier molecular flexibility index (Phi) is 6.10. The van der Waals surface area contributed by atoms with Crippen molar-refractivity contribution in [3.63, 3.8) is 0 Å². The first-order valence-corrected chi connectivity index (χ1v) is 6.46. The van der Waals surface area contributed by atoms with E-state index in [9.17, 15) is 26.7 Å². The molecule has 0 aliphatic rings. The molecule has 0 spiro atoms. The quantitative estimate of drug-likeness (QED) is 0.229. The van der Waals surface area contributed by atoms with Crippen LogP contribution in [0.4, 0.5) is 22.0 Å². The molecule has 0 fully saturated rings. The number of benzene rings is 1. The van der Waals surface area contributed by atoms with Gasteiger partial charge in [-0.3, -0.25) is 4.79 Å². The fourth-order valence-electron chi connectivity index (χ4n) is 1.86. The van der Waals surface area contributed by atoms with Crippen LogP contribution in [0, 0.1) is 29.1 Å². The monoisotopic (exact) mass is 294 g/mol. The minimum atomic E-state index is -2.25. The van der Waals surface area contributed by atoms with Crippen molar-refractivity contribution in [2.75, 3.05) is 0 Å². The summed E-state index contributed by atoms with van der Waals surface area (Å²) in [6.07, 6.45) is 3.62. The zero-order valence-corrected chi connectivity index (χ0v) is 11.0. The second-order valence-corrected chi connectivity index (χ2v) is 4.53. The third-order valence-electron chi connectivity index (χ3n) is 3.00. The van der Waals surface area contributed by atoms with Crippen molar-refractivity contribution in [3.8, 4) is 0 Å². The van der Waals surface area contributed by atoms with Gasteiger partial charge in [-0.15, -0.1) is 0 Å². The first-order chi connectivity index (χ1) is 9.41. The van der Waals surface area contributed by atoms with Crippen LogP contribution in [0.3, 0.4) is 0 Å². The lowest BCUT2D eigenvalue weighted by atomic mass is 10.0. The van der Waals surface area contributed by atoms with E-state index in [2.05, 4.69) is 0 Å². The number of carbonyl (C=O) groups excluding carboxylic acids is 1. The SMILES string of the molecule is CCCCCCCC(=O)c1c(F)c(F)c(F)c(F)c1F. The van der Waals surface area contributed by atoms with E-state index < -0.39 is 40.4 Å². The Morgan fingerprint density at radius 1 is 0.750 bits per heavy atom. The molecule has 20 heavy (non-hydrogen) atoms. The molecule has 0 N–H and O–H groups in total. The van der Waals surface area contributed by atoms with Crippen LogP contribution in [-0.2, 0) is 0 Å². The highest BCUT2D eigenvalue weighted by Crippen LogP contribution is 2.24. The fraction of sp³-hybridized carbons (Fsp3) is 0.500. The zero-order valence-electron chi connectivity index (χ0n) is 11.0. The second-order valence-electron chi connectivity index (χ2n) is 4.53. The Bertz CT molecular complexity index is 470. The Hall–Kier alpha value is -1.46. The van der Waals surface area contributed by atoms with Crippen molar-refractivity contribution >= 4 is 5.78 Å². The molecule has 0 saturated carbocycles. The number of rotatable bonds is 7. The van der Waals surface area contributed by atoms with E-state index in [0.29, 0.717) is 12.8 Å². The van der Waals surface area contributed by atoms with Crippen LogP contribution in [0.25, 0.3) is 0 Å². The van der Waals surface area contributed by atoms with Gasteiger partial charge in [-0.05, 0) is 6.42 Å². The maximum absolute atomic E-state index is 13.3. The Labute approximate surface area is 113 Å². The standard InChI is InChI=1S/C14H15F5O/c1-2-3-4-5-6-7-8(20)9-10(15)12(17)14(19)13(18)11(9)16/h2-7H2,1H3. The molecule has 0 atom stereocenters. The molecule has 1 rings (SSSR count). The first kappa shape index (κ1) is 16.6. The average Bonchev–Trinajstić information content (AvgIpc) is 2.43. The summed E-state index contributed by atoms with van der Waals surface area (Å²) in [6, 6.07) is 0. The lowest BCUT2D eigenvalue weighted by Crippen LogP contribution is -2.12. The number of hydrogen-bond acceptors (Lipinski definition) is 1. The van der Waals surface area contributed by atoms with E-state index in [-0.39, 0.29) is 6.42 Å². The van der Waals surface area contributed by atoms with E-state index in [1.807, 2.05) is 6.92 Å². The largest absolute Gasteiger partial charge is 0.294 e. The summed E-state index contributed by atoms with van der Waals surface area (Å²) in [7, 11) is 0. The molecule has 6 heteroatoms. The van der Waals surface area contributed by atoms with Crippen molar-refractivity contribution in [1.29, 1.82) is 0 Å². The summed E-state index contributed by atoms with van der Waals surface area (Å²) < 4.78 is 65.4. The molecular formula is C14H15F5O. The van der Waals surface area contributed by atoms with Crippen molar-refractivity contribution < 1.29 is 26.7 Å². The molecule has 0 saturated heterocycles. The number of hydrogen-bond donors (Lipinski definition) is 0. The van der Waals surface area contributed by atoms with E-state index in [1.165, 1.54) is 0 Å². The van der Waals surface area contributed by atoms with Gasteiger partial charge in [0.05, 0.1) is 5.56 Å². The first-order valence-electron chi connectivity index (χ1n) is 6.46. The molecule has 0 heterocycles. The molecule has 0 amide bonds. The van der Waals surface area contributed by atoms with Crippen LogP contribution in [-0.4, -0.2) is 5.78 Å². The normalized spacial score (nSPS) is 10.9. The fourth-order valence-corrected chi connectivity index (χ4v) is 1.86. The Morgan fingerprint density at radius 2 is 1.20 bits per heavy atom. The molecule has 1 nitrogen and oxygen atoms in total. The molecule has 0 aromatic heterocycles. The van der Waals surface area contributed by atoms with Gasteiger partial charge in [-0.1, -0.05) is 32.6 Å². The van der Waals surface area contributed by atoms with Crippen molar-refractivity contribution in [1.82, 2.24) is 0 Å². The van der Waals surface area contributed by atoms with Crippen LogP contribution in [0.15, 0.2) is 0 Å². The molecule has 1 aromatic rings. The summed E-state index contributed by atoms with van der Waals surface area (Å²) in [5, 5.41) is 0. The number of Topliss-reactive ketones (excluding diaryl/α,β-unsaturated/α-hetero) is 1. The van der Waals surface area contributed by atoms with Gasteiger partial charge in [0.2, 0.25) is 5.82 Å². The molecular weight excluding hydrogens is 279 g/mol. The highest BCUT2D eigenvalue weighted by atomic mass is 19.2. The van der Waals surface area contributed by atoms with Crippen molar-refractivity contribution in [3.05, 3.63) is 34.6 Å². The number of halogens is 5. The summed E-state index contributed by atoms with van der Waals surface area (Å²) in [6.45, 7) is 2.00. The average molecular weight is 294 g/mol. The highest BCUT2D eigenvalue weighted by molar-refractivity contribution is 5.96. The number of carbonyl (C=O) groups is 1. The number of ketones is 1. The molecule has 0 radical (unpaired) electrons. The maximum atomic E-state index is 13.3. The summed E-state index contributed by atoms with van der Waals surface area (Å²) in [5.74, 6) is -11.6. The van der Waals surface area contributed by atoms with E-state index in [1.54, 1.807) is 0 Å². The van der Waals surface area contributed by atoms with E-state index in [0.717, 1.165) is 19.3 Å². The van der Waals surface area contributed by atoms with Gasteiger partial charge in [0, 0.05) is 6.42 Å². The summed E-state index contributed by atoms with van der Waals surface area (Å²) in [4.78, 5) is 11.6. The molecule has 112 valence electrons. The van der Waals surface area contributed by atoms with Crippen LogP contribution in [0.1, 0.15) is 55.8 Å². The van der Waals surface area contributed by atoms with Gasteiger partial charge >= 0.3 is 0 Å². The minimum absolute atomic E-state index is 0.234. The van der Waals surface area contributed by atoms with Gasteiger partial charge in [0.15, 0.2) is 29.1 Å². The van der Waals surface area contributed by atoms with Crippen LogP contribution in [0.2, 0.25) is 0 Å². The summed E-state index contributed by atoms with van der Waals surface area (Å²) in [5.41, 5.74) is -1.34. The Morgan fingerprint density at radius 3 is 1.70 bits per heavy atom. The molecule has 0 aliphatic carbocycles. The van der Waals surface area contributed by atoms with Crippen LogP contribution >= 0.6 is 0 Å². The van der Waals surface area contributed by atoms with E-state index >= 15 is 0 Å². The zero-order chi connectivity index (χ0) is 15.3. The van der Waals surface area contributed by atoms with Crippen LogP contribution < -0.4 is 0 Å². The maximum Gasteiger partial charge on any atom is 0.200 e. The van der Waals surface area contributed by atoms with Gasteiger partial charge in [-0.2, -0.15) is 0 Å².